The first-order chi connectivity index (χ1) is 15.0. The molecular formula is C24H27N3O4. The van der Waals surface area contributed by atoms with Gasteiger partial charge in [-0.2, -0.15) is 0 Å². The van der Waals surface area contributed by atoms with Crippen molar-refractivity contribution in [2.24, 2.45) is 0 Å². The summed E-state index contributed by atoms with van der Waals surface area (Å²) >= 11 is 0. The number of ether oxygens (including phenoxy) is 1. The lowest BCUT2D eigenvalue weighted by atomic mass is 10.1. The van der Waals surface area contributed by atoms with Crippen LogP contribution in [0.4, 0.5) is 0 Å². The number of methoxy groups -OCH3 is 1. The van der Waals surface area contributed by atoms with E-state index in [1.165, 1.54) is 0 Å². The molecule has 162 valence electrons. The van der Waals surface area contributed by atoms with Gasteiger partial charge in [-0.15, -0.1) is 6.58 Å². The van der Waals surface area contributed by atoms with Crippen LogP contribution in [0.15, 0.2) is 59.7 Å². The maximum Gasteiger partial charge on any atom is 0.270 e. The molecule has 7 heteroatoms. The maximum atomic E-state index is 13.3. The first kappa shape index (κ1) is 20.8. The second kappa shape index (κ2) is 8.71. The zero-order valence-corrected chi connectivity index (χ0v) is 17.9. The average molecular weight is 421 g/mol. The van der Waals surface area contributed by atoms with Gasteiger partial charge in [0.15, 0.2) is 0 Å². The first-order valence-electron chi connectivity index (χ1n) is 10.5. The number of aryl methyl sites for hydroxylation is 1. The summed E-state index contributed by atoms with van der Waals surface area (Å²) in [5, 5.41) is 0.911. The third-order valence-electron chi connectivity index (χ3n) is 5.79. The van der Waals surface area contributed by atoms with E-state index in [1.54, 1.807) is 37.6 Å². The number of furan rings is 1. The van der Waals surface area contributed by atoms with Crippen molar-refractivity contribution < 1.29 is 18.7 Å². The molecule has 1 aromatic carbocycles. The number of hydrogen-bond donors (Lipinski definition) is 0. The molecule has 7 nitrogen and oxygen atoms in total. The van der Waals surface area contributed by atoms with Gasteiger partial charge in [-0.3, -0.25) is 9.59 Å². The Labute approximate surface area is 181 Å². The standard InChI is InChI=1S/C24H27N3O4/c1-4-5-11-27-21(15-19-10-14-31-24(19)27)23(29)25-12-13-26(17(2)16-25)22(28)18-6-8-20(30-3)9-7-18/h4,6-10,14-15,17H,1,5,11-13,16H2,2-3H3/t17-/m0/s1. The number of hydrogen-bond acceptors (Lipinski definition) is 4. The molecule has 0 spiro atoms. The average Bonchev–Trinajstić information content (AvgIpc) is 3.38. The van der Waals surface area contributed by atoms with Gasteiger partial charge in [0.2, 0.25) is 5.71 Å². The Kier molecular flexibility index (Phi) is 5.84. The monoisotopic (exact) mass is 421 g/mol. The van der Waals surface area contributed by atoms with E-state index in [0.717, 1.165) is 11.8 Å². The van der Waals surface area contributed by atoms with Crippen LogP contribution in [0.5, 0.6) is 5.75 Å². The highest BCUT2D eigenvalue weighted by atomic mass is 16.5. The van der Waals surface area contributed by atoms with Gasteiger partial charge in [-0.25, -0.2) is 0 Å². The van der Waals surface area contributed by atoms with Crippen LogP contribution in [0.3, 0.4) is 0 Å². The summed E-state index contributed by atoms with van der Waals surface area (Å²) < 4.78 is 12.7. The van der Waals surface area contributed by atoms with E-state index in [0.29, 0.717) is 48.9 Å². The number of carbonyl (C=O) groups excluding carboxylic acids is 2. The minimum Gasteiger partial charge on any atom is -0.497 e. The summed E-state index contributed by atoms with van der Waals surface area (Å²) in [5.74, 6) is 0.637. The number of fused-ring (bicyclic) bond motifs is 1. The van der Waals surface area contributed by atoms with Gasteiger partial charge in [0, 0.05) is 43.2 Å². The van der Waals surface area contributed by atoms with Gasteiger partial charge in [0.25, 0.3) is 11.8 Å². The molecule has 0 saturated carbocycles. The van der Waals surface area contributed by atoms with Crippen molar-refractivity contribution >= 4 is 22.9 Å². The summed E-state index contributed by atoms with van der Waals surface area (Å²) in [6.45, 7) is 7.84. The molecule has 1 atom stereocenters. The van der Waals surface area contributed by atoms with Gasteiger partial charge in [-0.1, -0.05) is 6.08 Å². The van der Waals surface area contributed by atoms with E-state index in [-0.39, 0.29) is 17.9 Å². The minimum absolute atomic E-state index is 0.0332. The molecule has 0 aliphatic carbocycles. The normalized spacial score (nSPS) is 16.5. The lowest BCUT2D eigenvalue weighted by Crippen LogP contribution is -2.55. The Hall–Kier alpha value is -3.48. The Balaban J connectivity index is 1.49. The summed E-state index contributed by atoms with van der Waals surface area (Å²) in [5.41, 5.74) is 1.93. The van der Waals surface area contributed by atoms with Crippen LogP contribution in [0.2, 0.25) is 0 Å². The number of piperazine rings is 1. The van der Waals surface area contributed by atoms with E-state index in [4.69, 9.17) is 9.15 Å². The Bertz CT molecular complexity index is 1100. The first-order valence-corrected chi connectivity index (χ1v) is 10.5. The fourth-order valence-electron chi connectivity index (χ4n) is 4.10. The van der Waals surface area contributed by atoms with Crippen molar-refractivity contribution in [3.8, 4) is 5.75 Å². The van der Waals surface area contributed by atoms with Crippen LogP contribution in [-0.4, -0.2) is 59.0 Å². The Morgan fingerprint density at radius 3 is 2.65 bits per heavy atom. The van der Waals surface area contributed by atoms with Gasteiger partial charge < -0.3 is 23.5 Å². The molecule has 3 aromatic rings. The van der Waals surface area contributed by atoms with Crippen molar-refractivity contribution in [2.75, 3.05) is 26.7 Å². The Morgan fingerprint density at radius 2 is 1.97 bits per heavy atom. The van der Waals surface area contributed by atoms with Crippen molar-refractivity contribution in [1.29, 1.82) is 0 Å². The topological polar surface area (TPSA) is 67.9 Å². The smallest absolute Gasteiger partial charge is 0.270 e. The fraction of sp³-hybridized carbons (Fsp3) is 0.333. The van der Waals surface area contributed by atoms with Gasteiger partial charge in [0.1, 0.15) is 11.4 Å². The fourth-order valence-corrected chi connectivity index (χ4v) is 4.10. The van der Waals surface area contributed by atoms with E-state index >= 15 is 0 Å². The zero-order valence-electron chi connectivity index (χ0n) is 17.9. The molecular weight excluding hydrogens is 394 g/mol. The molecule has 0 bridgehead atoms. The summed E-state index contributed by atoms with van der Waals surface area (Å²) in [6, 6.07) is 10.8. The summed E-state index contributed by atoms with van der Waals surface area (Å²) in [7, 11) is 1.60. The van der Waals surface area contributed by atoms with E-state index < -0.39 is 0 Å². The summed E-state index contributed by atoms with van der Waals surface area (Å²) in [6.07, 6.45) is 4.20. The van der Waals surface area contributed by atoms with Crippen LogP contribution in [0.25, 0.3) is 11.1 Å². The van der Waals surface area contributed by atoms with E-state index in [9.17, 15) is 9.59 Å². The number of allylic oxidation sites excluding steroid dienone is 1. The molecule has 1 saturated heterocycles. The van der Waals surface area contributed by atoms with Gasteiger partial charge >= 0.3 is 0 Å². The second-order valence-electron chi connectivity index (χ2n) is 7.77. The molecule has 3 heterocycles. The highest BCUT2D eigenvalue weighted by Gasteiger charge is 2.32. The van der Waals surface area contributed by atoms with Crippen LogP contribution >= 0.6 is 0 Å². The lowest BCUT2D eigenvalue weighted by molar-refractivity contribution is 0.0409. The number of aromatic nitrogens is 1. The Morgan fingerprint density at radius 1 is 1.19 bits per heavy atom. The highest BCUT2D eigenvalue weighted by Crippen LogP contribution is 2.24. The number of rotatable bonds is 6. The third kappa shape index (κ3) is 3.95. The van der Waals surface area contributed by atoms with E-state index in [2.05, 4.69) is 6.58 Å². The van der Waals surface area contributed by atoms with Gasteiger partial charge in [-0.05, 0) is 49.7 Å². The molecule has 0 N–H and O–H groups in total. The number of benzene rings is 1. The largest absolute Gasteiger partial charge is 0.497 e. The number of nitrogens with zero attached hydrogens (tertiary/aromatic N) is 3. The molecule has 31 heavy (non-hydrogen) atoms. The predicted octanol–water partition coefficient (Wildman–Crippen LogP) is 3.81. The molecule has 1 aliphatic rings. The molecule has 2 amide bonds. The predicted molar refractivity (Wildman–Crippen MR) is 118 cm³/mol. The zero-order chi connectivity index (χ0) is 22.0. The van der Waals surface area contributed by atoms with Crippen molar-refractivity contribution in [3.63, 3.8) is 0 Å². The van der Waals surface area contributed by atoms with Crippen molar-refractivity contribution in [2.45, 2.75) is 25.9 Å². The van der Waals surface area contributed by atoms with Crippen LogP contribution in [0, 0.1) is 0 Å². The maximum absolute atomic E-state index is 13.3. The lowest BCUT2D eigenvalue weighted by Gasteiger charge is -2.40. The van der Waals surface area contributed by atoms with Crippen molar-refractivity contribution in [3.05, 3.63) is 66.6 Å². The summed E-state index contributed by atoms with van der Waals surface area (Å²) in [4.78, 5) is 29.9. The molecule has 0 unspecified atom stereocenters. The number of amides is 2. The highest BCUT2D eigenvalue weighted by molar-refractivity contribution is 5.98. The van der Waals surface area contributed by atoms with Crippen LogP contribution in [0.1, 0.15) is 34.2 Å². The quantitative estimate of drug-likeness (QED) is 0.568. The minimum atomic E-state index is -0.0909. The van der Waals surface area contributed by atoms with Crippen LogP contribution in [-0.2, 0) is 6.54 Å². The third-order valence-corrected chi connectivity index (χ3v) is 5.79. The van der Waals surface area contributed by atoms with Gasteiger partial charge in [0.05, 0.1) is 13.4 Å². The second-order valence-corrected chi connectivity index (χ2v) is 7.77. The number of carbonyl (C=O) groups is 2. The molecule has 2 aromatic heterocycles. The van der Waals surface area contributed by atoms with Crippen molar-refractivity contribution in [1.82, 2.24) is 14.4 Å². The van der Waals surface area contributed by atoms with E-state index in [1.807, 2.05) is 39.5 Å². The molecule has 4 rings (SSSR count). The molecule has 1 aliphatic heterocycles. The molecule has 1 fully saturated rings. The van der Waals surface area contributed by atoms with Crippen LogP contribution < -0.4 is 4.74 Å². The molecule has 0 radical (unpaired) electrons. The SMILES string of the molecule is C=CCCn1c(C(=O)N2CCN(C(=O)c3ccc(OC)cc3)[C@@H](C)C2)cc2ccoc21.